The number of hydrogen-bond donors (Lipinski definition) is 2. The van der Waals surface area contributed by atoms with Gasteiger partial charge in [0.25, 0.3) is 5.92 Å². The number of nitrogens with zero attached hydrogens (tertiary/aromatic N) is 6. The Hall–Kier alpha value is -2.65. The molecule has 2 aliphatic rings. The highest BCUT2D eigenvalue weighted by Crippen LogP contribution is 2.49. The van der Waals surface area contributed by atoms with Crippen molar-refractivity contribution in [3.8, 4) is 11.3 Å². The van der Waals surface area contributed by atoms with Gasteiger partial charge in [0.2, 0.25) is 0 Å². The molecular weight excluding hydrogens is 536 g/mol. The summed E-state index contributed by atoms with van der Waals surface area (Å²) in [5, 5.41) is 36.5. The van der Waals surface area contributed by atoms with Gasteiger partial charge in [-0.1, -0.05) is 22.0 Å². The monoisotopic (exact) mass is 560 g/mol. The van der Waals surface area contributed by atoms with Crippen LogP contribution in [0, 0.1) is 11.6 Å². The van der Waals surface area contributed by atoms with Crippen molar-refractivity contribution in [3.05, 3.63) is 46.9 Å². The van der Waals surface area contributed by atoms with E-state index in [1.807, 2.05) is 0 Å². The molecule has 3 heterocycles. The first-order valence-corrected chi connectivity index (χ1v) is 12.2. The van der Waals surface area contributed by atoms with Crippen molar-refractivity contribution in [1.82, 2.24) is 30.0 Å². The molecule has 2 aromatic heterocycles. The molecule has 0 unspecified atom stereocenters. The molecule has 1 aliphatic carbocycles. The van der Waals surface area contributed by atoms with Crippen LogP contribution in [-0.4, -0.2) is 84.3 Å². The van der Waals surface area contributed by atoms with Gasteiger partial charge in [0.1, 0.15) is 30.0 Å². The molecule has 0 bridgehead atoms. The van der Waals surface area contributed by atoms with Crippen LogP contribution in [0.15, 0.2) is 24.5 Å². The first-order chi connectivity index (χ1) is 18.0. The van der Waals surface area contributed by atoms with Crippen LogP contribution in [0.2, 0.25) is 5.02 Å². The van der Waals surface area contributed by atoms with E-state index in [4.69, 9.17) is 21.1 Å². The summed E-state index contributed by atoms with van der Waals surface area (Å²) in [6.07, 6.45) is -1.70. The number of benzene rings is 1. The normalized spacial score (nSPS) is 28.3. The summed E-state index contributed by atoms with van der Waals surface area (Å²) >= 11 is 5.63. The van der Waals surface area contributed by atoms with Gasteiger partial charge < -0.3 is 19.7 Å². The SMILES string of the molecule is CO[C@@H]1[C@@H](n2cc(-c3ccc(Cl)c(F)c3F)nn2)[C@@H](O)[C@@H](CO)O[C@@H]1Cc1cn(C2(C)CC(F)(F)C2)nn1. The van der Waals surface area contributed by atoms with Crippen molar-refractivity contribution < 1.29 is 37.2 Å². The number of rotatable bonds is 7. The highest BCUT2D eigenvalue weighted by molar-refractivity contribution is 6.30. The Morgan fingerprint density at radius 1 is 1.13 bits per heavy atom. The summed E-state index contributed by atoms with van der Waals surface area (Å²) in [7, 11) is 1.39. The number of halogens is 5. The van der Waals surface area contributed by atoms with E-state index < -0.39 is 60.2 Å². The molecule has 1 aliphatic heterocycles. The fraction of sp³-hybridized carbons (Fsp3) is 0.565. The maximum atomic E-state index is 14.5. The smallest absolute Gasteiger partial charge is 0.252 e. The second-order valence-corrected chi connectivity index (χ2v) is 10.4. The molecule has 5 rings (SSSR count). The molecule has 2 N–H and O–H groups in total. The second-order valence-electron chi connectivity index (χ2n) is 9.95. The van der Waals surface area contributed by atoms with Crippen molar-refractivity contribution in [1.29, 1.82) is 0 Å². The molecule has 3 aromatic rings. The fourth-order valence-electron chi connectivity index (χ4n) is 5.29. The molecule has 38 heavy (non-hydrogen) atoms. The highest BCUT2D eigenvalue weighted by atomic mass is 35.5. The summed E-state index contributed by atoms with van der Waals surface area (Å²) in [5.41, 5.74) is -0.631. The summed E-state index contributed by atoms with van der Waals surface area (Å²) < 4.78 is 69.7. The Labute approximate surface area is 219 Å². The quantitative estimate of drug-likeness (QED) is 0.334. The third kappa shape index (κ3) is 4.68. The van der Waals surface area contributed by atoms with Crippen LogP contribution < -0.4 is 0 Å². The van der Waals surface area contributed by atoms with E-state index in [0.29, 0.717) is 5.69 Å². The second kappa shape index (κ2) is 9.83. The van der Waals surface area contributed by atoms with Gasteiger partial charge in [0.05, 0.1) is 35.2 Å². The molecule has 10 nitrogen and oxygen atoms in total. The van der Waals surface area contributed by atoms with E-state index in [2.05, 4.69) is 20.6 Å². The summed E-state index contributed by atoms with van der Waals surface area (Å²) in [6.45, 7) is 1.13. The molecule has 15 heteroatoms. The maximum Gasteiger partial charge on any atom is 0.252 e. The van der Waals surface area contributed by atoms with E-state index in [9.17, 15) is 27.8 Å². The zero-order valence-electron chi connectivity index (χ0n) is 20.3. The van der Waals surface area contributed by atoms with Crippen LogP contribution in [0.4, 0.5) is 17.6 Å². The topological polar surface area (TPSA) is 120 Å². The Bertz CT molecular complexity index is 1310. The average molecular weight is 561 g/mol. The number of ether oxygens (including phenoxy) is 2. The van der Waals surface area contributed by atoms with Crippen LogP contribution in [0.1, 0.15) is 31.5 Å². The Kier molecular flexibility index (Phi) is 6.97. The maximum absolute atomic E-state index is 14.5. The van der Waals surface area contributed by atoms with E-state index in [-0.39, 0.29) is 35.5 Å². The van der Waals surface area contributed by atoms with Gasteiger partial charge in [-0.2, -0.15) is 0 Å². The lowest BCUT2D eigenvalue weighted by atomic mass is 9.75. The molecule has 1 saturated heterocycles. The Morgan fingerprint density at radius 2 is 1.87 bits per heavy atom. The van der Waals surface area contributed by atoms with Crippen molar-refractivity contribution in [2.45, 2.75) is 68.1 Å². The molecule has 1 saturated carbocycles. The minimum absolute atomic E-state index is 0.0165. The Morgan fingerprint density at radius 3 is 2.53 bits per heavy atom. The number of aliphatic hydroxyl groups is 2. The molecule has 0 amide bonds. The number of aromatic nitrogens is 6. The van der Waals surface area contributed by atoms with Crippen LogP contribution in [0.25, 0.3) is 11.3 Å². The fourth-order valence-corrected chi connectivity index (χ4v) is 5.43. The zero-order chi connectivity index (χ0) is 27.4. The van der Waals surface area contributed by atoms with Gasteiger partial charge >= 0.3 is 0 Å². The third-order valence-corrected chi connectivity index (χ3v) is 7.44. The van der Waals surface area contributed by atoms with E-state index in [1.165, 1.54) is 34.8 Å². The van der Waals surface area contributed by atoms with Gasteiger partial charge in [-0.15, -0.1) is 10.2 Å². The standard InChI is InChI=1S/C23H25ClF4N6O4/c1-22(9-23(27,28)10-22)34-6-11(29-32-34)5-15-21(37-2)19(20(36)16(8-35)38-15)33-7-14(30-31-33)12-3-4-13(24)18(26)17(12)25/h3-4,6-7,15-16,19-21,35-36H,5,8-10H2,1-2H3/t15-,16-,19+,20+,21+/m1/s1. The van der Waals surface area contributed by atoms with Crippen LogP contribution in [0.3, 0.4) is 0 Å². The molecular formula is C23H25ClF4N6O4. The lowest BCUT2D eigenvalue weighted by Gasteiger charge is -2.44. The van der Waals surface area contributed by atoms with Crippen molar-refractivity contribution in [3.63, 3.8) is 0 Å². The summed E-state index contributed by atoms with van der Waals surface area (Å²) in [4.78, 5) is 0. The molecule has 0 spiro atoms. The third-order valence-electron chi connectivity index (χ3n) is 7.15. The van der Waals surface area contributed by atoms with Gasteiger partial charge in [0, 0.05) is 38.1 Å². The van der Waals surface area contributed by atoms with E-state index in [0.717, 1.165) is 0 Å². The van der Waals surface area contributed by atoms with Gasteiger partial charge in [-0.25, -0.2) is 26.9 Å². The minimum atomic E-state index is -2.75. The lowest BCUT2D eigenvalue weighted by molar-refractivity contribution is -0.212. The highest BCUT2D eigenvalue weighted by Gasteiger charge is 2.55. The van der Waals surface area contributed by atoms with Crippen molar-refractivity contribution in [2.24, 2.45) is 0 Å². The predicted octanol–water partition coefficient (Wildman–Crippen LogP) is 2.53. The zero-order valence-corrected chi connectivity index (χ0v) is 21.1. The van der Waals surface area contributed by atoms with E-state index in [1.54, 1.807) is 13.1 Å². The van der Waals surface area contributed by atoms with Gasteiger partial charge in [-0.05, 0) is 19.1 Å². The molecule has 206 valence electrons. The number of hydrogen-bond acceptors (Lipinski definition) is 8. The van der Waals surface area contributed by atoms with Crippen molar-refractivity contribution >= 4 is 11.6 Å². The van der Waals surface area contributed by atoms with Crippen molar-refractivity contribution in [2.75, 3.05) is 13.7 Å². The van der Waals surface area contributed by atoms with Crippen LogP contribution >= 0.6 is 11.6 Å². The van der Waals surface area contributed by atoms with Crippen LogP contribution in [-0.2, 0) is 21.4 Å². The first-order valence-electron chi connectivity index (χ1n) is 11.8. The molecule has 1 aromatic carbocycles. The summed E-state index contributed by atoms with van der Waals surface area (Å²) in [6, 6.07) is 1.49. The lowest BCUT2D eigenvalue weighted by Crippen LogP contribution is -2.57. The average Bonchev–Trinajstić information content (AvgIpc) is 3.52. The van der Waals surface area contributed by atoms with Gasteiger partial charge in [0.15, 0.2) is 11.6 Å². The molecule has 2 fully saturated rings. The Balaban J connectivity index is 1.41. The predicted molar refractivity (Wildman–Crippen MR) is 124 cm³/mol. The van der Waals surface area contributed by atoms with Crippen LogP contribution in [0.5, 0.6) is 0 Å². The van der Waals surface area contributed by atoms with Gasteiger partial charge in [-0.3, -0.25) is 0 Å². The number of methoxy groups -OCH3 is 1. The largest absolute Gasteiger partial charge is 0.394 e. The number of alkyl halides is 2. The van der Waals surface area contributed by atoms with E-state index >= 15 is 0 Å². The molecule has 5 atom stereocenters. The summed E-state index contributed by atoms with van der Waals surface area (Å²) in [5.74, 6) is -5.18. The minimum Gasteiger partial charge on any atom is -0.394 e. The molecule has 0 radical (unpaired) electrons. The number of aliphatic hydroxyl groups excluding tert-OH is 2. The first kappa shape index (κ1) is 26.9.